The molecular weight excluding hydrogens is 383 g/mol. The molecule has 1 heterocycles. The van der Waals surface area contributed by atoms with Crippen LogP contribution in [0.15, 0.2) is 41.3 Å². The number of nitrogens with zero attached hydrogens (tertiary/aromatic N) is 1. The van der Waals surface area contributed by atoms with Gasteiger partial charge in [-0.3, -0.25) is 0 Å². The van der Waals surface area contributed by atoms with Gasteiger partial charge in [0.25, 0.3) is 0 Å². The Morgan fingerprint density at radius 3 is 2.20 bits per heavy atom. The van der Waals surface area contributed by atoms with Crippen molar-refractivity contribution in [1.82, 2.24) is 4.31 Å². The number of benzene rings is 2. The van der Waals surface area contributed by atoms with Crippen molar-refractivity contribution in [3.63, 3.8) is 0 Å². The van der Waals surface area contributed by atoms with Gasteiger partial charge in [-0.15, -0.1) is 0 Å². The van der Waals surface area contributed by atoms with Crippen LogP contribution < -0.4 is 10.5 Å². The number of rotatable bonds is 4. The number of hydrogen-bond donors (Lipinski definition) is 1. The summed E-state index contributed by atoms with van der Waals surface area (Å²) in [6.45, 7) is 1.09. The number of piperidine rings is 1. The first-order chi connectivity index (χ1) is 11.9. The molecule has 134 valence electrons. The van der Waals surface area contributed by atoms with Crippen molar-refractivity contribution in [2.24, 2.45) is 0 Å². The number of nitrogen functional groups attached to an aromatic ring is 1. The van der Waals surface area contributed by atoms with Gasteiger partial charge in [0.15, 0.2) is 0 Å². The topological polar surface area (TPSA) is 72.6 Å². The van der Waals surface area contributed by atoms with Gasteiger partial charge in [0.1, 0.15) is 11.5 Å². The van der Waals surface area contributed by atoms with Crippen LogP contribution in [0.3, 0.4) is 0 Å². The first-order valence-corrected chi connectivity index (χ1v) is 10.1. The van der Waals surface area contributed by atoms with E-state index >= 15 is 0 Å². The second kappa shape index (κ2) is 7.41. The summed E-state index contributed by atoms with van der Waals surface area (Å²) in [7, 11) is -3.53. The molecular formula is C17H18Cl2N2O3S. The Hall–Kier alpha value is -1.47. The Morgan fingerprint density at radius 1 is 0.960 bits per heavy atom. The SMILES string of the molecule is Nc1cc(S(=O)(=O)N2CCCCC2)ccc1Oc1cc(Cl)cc(Cl)c1. The van der Waals surface area contributed by atoms with Gasteiger partial charge >= 0.3 is 0 Å². The Bertz CT molecular complexity index is 861. The summed E-state index contributed by atoms with van der Waals surface area (Å²) in [5, 5.41) is 0.871. The van der Waals surface area contributed by atoms with E-state index in [1.54, 1.807) is 24.3 Å². The van der Waals surface area contributed by atoms with Crippen LogP contribution in [0.2, 0.25) is 10.0 Å². The maximum absolute atomic E-state index is 12.7. The molecule has 2 N–H and O–H groups in total. The average molecular weight is 401 g/mol. The van der Waals surface area contributed by atoms with Gasteiger partial charge in [-0.1, -0.05) is 29.6 Å². The highest BCUT2D eigenvalue weighted by molar-refractivity contribution is 7.89. The number of sulfonamides is 1. The lowest BCUT2D eigenvalue weighted by Crippen LogP contribution is -2.35. The Balaban J connectivity index is 1.85. The highest BCUT2D eigenvalue weighted by atomic mass is 35.5. The van der Waals surface area contributed by atoms with Crippen molar-refractivity contribution in [2.45, 2.75) is 24.2 Å². The summed E-state index contributed by atoms with van der Waals surface area (Å²) in [6.07, 6.45) is 2.82. The van der Waals surface area contributed by atoms with Gasteiger partial charge < -0.3 is 10.5 Å². The lowest BCUT2D eigenvalue weighted by Gasteiger charge is -2.26. The minimum Gasteiger partial charge on any atom is -0.455 e. The summed E-state index contributed by atoms with van der Waals surface area (Å²) < 4.78 is 32.6. The van der Waals surface area contributed by atoms with E-state index < -0.39 is 10.0 Å². The van der Waals surface area contributed by atoms with Crippen molar-refractivity contribution in [2.75, 3.05) is 18.8 Å². The van der Waals surface area contributed by atoms with Crippen LogP contribution in [0.25, 0.3) is 0 Å². The largest absolute Gasteiger partial charge is 0.455 e. The molecule has 3 rings (SSSR count). The second-order valence-corrected chi connectivity index (χ2v) is 8.68. The van der Waals surface area contributed by atoms with E-state index in [9.17, 15) is 8.42 Å². The molecule has 1 aliphatic rings. The Labute approximate surface area is 157 Å². The maximum Gasteiger partial charge on any atom is 0.243 e. The zero-order valence-corrected chi connectivity index (χ0v) is 15.7. The second-order valence-electron chi connectivity index (χ2n) is 5.87. The normalized spacial score (nSPS) is 15.9. The fourth-order valence-corrected chi connectivity index (χ4v) is 4.81. The fourth-order valence-electron chi connectivity index (χ4n) is 2.75. The van der Waals surface area contributed by atoms with Crippen molar-refractivity contribution in [3.05, 3.63) is 46.4 Å². The summed E-state index contributed by atoms with van der Waals surface area (Å²) in [4.78, 5) is 0.170. The van der Waals surface area contributed by atoms with E-state index in [4.69, 9.17) is 33.7 Å². The minimum atomic E-state index is -3.53. The van der Waals surface area contributed by atoms with Gasteiger partial charge in [0.2, 0.25) is 10.0 Å². The quantitative estimate of drug-likeness (QED) is 0.764. The third kappa shape index (κ3) is 4.20. The van der Waals surface area contributed by atoms with Crippen LogP contribution in [-0.4, -0.2) is 25.8 Å². The Kier molecular flexibility index (Phi) is 5.43. The predicted octanol–water partition coefficient (Wildman–Crippen LogP) is 4.54. The number of hydrogen-bond acceptors (Lipinski definition) is 4. The Morgan fingerprint density at radius 2 is 1.60 bits per heavy atom. The smallest absolute Gasteiger partial charge is 0.243 e. The average Bonchev–Trinajstić information content (AvgIpc) is 2.56. The molecule has 0 unspecified atom stereocenters. The molecule has 0 aromatic heterocycles. The van der Waals surface area contributed by atoms with Crippen LogP contribution in [0.1, 0.15) is 19.3 Å². The molecule has 1 saturated heterocycles. The molecule has 0 radical (unpaired) electrons. The monoisotopic (exact) mass is 400 g/mol. The van der Waals surface area contributed by atoms with Crippen molar-refractivity contribution in [3.8, 4) is 11.5 Å². The van der Waals surface area contributed by atoms with Gasteiger partial charge in [0.05, 0.1) is 10.6 Å². The van der Waals surface area contributed by atoms with Crippen LogP contribution >= 0.6 is 23.2 Å². The zero-order chi connectivity index (χ0) is 18.0. The van der Waals surface area contributed by atoms with Crippen LogP contribution in [0.4, 0.5) is 5.69 Å². The van der Waals surface area contributed by atoms with Crippen molar-refractivity contribution < 1.29 is 13.2 Å². The van der Waals surface area contributed by atoms with E-state index in [2.05, 4.69) is 0 Å². The van der Waals surface area contributed by atoms with Crippen LogP contribution in [0.5, 0.6) is 11.5 Å². The molecule has 5 nitrogen and oxygen atoms in total. The molecule has 0 bridgehead atoms. The first kappa shape index (κ1) is 18.3. The predicted molar refractivity (Wildman–Crippen MR) is 100 cm³/mol. The molecule has 8 heteroatoms. The molecule has 0 spiro atoms. The molecule has 0 saturated carbocycles. The van der Waals surface area contributed by atoms with E-state index in [1.807, 2.05) is 0 Å². The lowest BCUT2D eigenvalue weighted by atomic mass is 10.2. The first-order valence-electron chi connectivity index (χ1n) is 7.90. The maximum atomic E-state index is 12.7. The summed E-state index contributed by atoms with van der Waals surface area (Å²) in [5.41, 5.74) is 6.23. The van der Waals surface area contributed by atoms with Crippen molar-refractivity contribution in [1.29, 1.82) is 0 Å². The fraction of sp³-hybridized carbons (Fsp3) is 0.294. The molecule has 25 heavy (non-hydrogen) atoms. The number of ether oxygens (including phenoxy) is 1. The van der Waals surface area contributed by atoms with Crippen LogP contribution in [-0.2, 0) is 10.0 Å². The third-order valence-corrected chi connectivity index (χ3v) is 6.33. The van der Waals surface area contributed by atoms with Gasteiger partial charge in [-0.05, 0) is 49.2 Å². The molecule has 0 amide bonds. The summed E-state index contributed by atoms with van der Waals surface area (Å²) in [6, 6.07) is 9.26. The standard InChI is InChI=1S/C17H18Cl2N2O3S/c18-12-8-13(19)10-14(9-12)24-17-5-4-15(11-16(17)20)25(22,23)21-6-2-1-3-7-21/h4-5,8-11H,1-3,6-7,20H2. The van der Waals surface area contributed by atoms with Gasteiger partial charge in [0, 0.05) is 23.1 Å². The lowest BCUT2D eigenvalue weighted by molar-refractivity contribution is 0.346. The van der Waals surface area contributed by atoms with Crippen molar-refractivity contribution >= 4 is 38.9 Å². The highest BCUT2D eigenvalue weighted by Crippen LogP contribution is 2.33. The number of halogens is 2. The van der Waals surface area contributed by atoms with Crippen LogP contribution in [0, 0.1) is 0 Å². The van der Waals surface area contributed by atoms with E-state index in [-0.39, 0.29) is 10.6 Å². The highest BCUT2D eigenvalue weighted by Gasteiger charge is 2.26. The molecule has 1 aliphatic heterocycles. The molecule has 0 atom stereocenters. The molecule has 2 aromatic rings. The third-order valence-electron chi connectivity index (χ3n) is 4.00. The molecule has 0 aliphatic carbocycles. The number of anilines is 1. The summed E-state index contributed by atoms with van der Waals surface area (Å²) >= 11 is 11.9. The van der Waals surface area contributed by atoms with E-state index in [1.165, 1.54) is 16.4 Å². The zero-order valence-electron chi connectivity index (χ0n) is 13.4. The molecule has 2 aromatic carbocycles. The minimum absolute atomic E-state index is 0.170. The molecule has 1 fully saturated rings. The summed E-state index contributed by atoms with van der Waals surface area (Å²) in [5.74, 6) is 0.770. The van der Waals surface area contributed by atoms with E-state index in [0.717, 1.165) is 19.3 Å². The van der Waals surface area contributed by atoms with Gasteiger partial charge in [-0.2, -0.15) is 4.31 Å². The van der Waals surface area contributed by atoms with E-state index in [0.29, 0.717) is 34.6 Å². The number of nitrogens with two attached hydrogens (primary N) is 1. The van der Waals surface area contributed by atoms with Gasteiger partial charge in [-0.25, -0.2) is 8.42 Å².